The van der Waals surface area contributed by atoms with Crippen molar-refractivity contribution in [3.63, 3.8) is 0 Å². The van der Waals surface area contributed by atoms with E-state index >= 15 is 0 Å². The van der Waals surface area contributed by atoms with E-state index in [2.05, 4.69) is 54.9 Å². The summed E-state index contributed by atoms with van der Waals surface area (Å²) in [5, 5.41) is 0.254. The normalized spacial score (nSPS) is 11.5. The van der Waals surface area contributed by atoms with E-state index in [0.29, 0.717) is 0 Å². The van der Waals surface area contributed by atoms with Gasteiger partial charge in [0.1, 0.15) is 5.69 Å². The summed E-state index contributed by atoms with van der Waals surface area (Å²) < 4.78 is 0. The topological polar surface area (TPSA) is 12.9 Å². The van der Waals surface area contributed by atoms with Crippen LogP contribution in [0.3, 0.4) is 0 Å². The van der Waals surface area contributed by atoms with E-state index in [1.54, 1.807) is 11.8 Å². The number of hydrogen-bond donors (Lipinski definition) is 0. The van der Waals surface area contributed by atoms with Gasteiger partial charge in [0.2, 0.25) is 0 Å². The molecule has 0 fully saturated rings. The van der Waals surface area contributed by atoms with Gasteiger partial charge in [0, 0.05) is 10.6 Å². The molecule has 0 aliphatic heterocycles. The van der Waals surface area contributed by atoms with Crippen molar-refractivity contribution in [2.75, 3.05) is 0 Å². The van der Waals surface area contributed by atoms with Crippen LogP contribution in [0.1, 0.15) is 23.9 Å². The second-order valence-electron chi connectivity index (χ2n) is 4.51. The van der Waals surface area contributed by atoms with Crippen LogP contribution in [0.2, 0.25) is 0 Å². The van der Waals surface area contributed by atoms with Gasteiger partial charge in [-0.3, -0.25) is 0 Å². The first-order valence-electron chi connectivity index (χ1n) is 6.32. The van der Waals surface area contributed by atoms with Gasteiger partial charge in [0.25, 0.3) is 0 Å². The lowest BCUT2D eigenvalue weighted by molar-refractivity contribution is 1.17. The average molecular weight is 267 g/mol. The third-order valence-corrected chi connectivity index (χ3v) is 3.59. The van der Waals surface area contributed by atoms with Gasteiger partial charge in [-0.05, 0) is 51.0 Å². The number of benzene rings is 1. The van der Waals surface area contributed by atoms with Gasteiger partial charge in [-0.25, -0.2) is 4.98 Å². The van der Waals surface area contributed by atoms with E-state index in [4.69, 9.17) is 0 Å². The molecule has 96 valence electrons. The molecule has 0 radical (unpaired) electrons. The van der Waals surface area contributed by atoms with Crippen LogP contribution in [0.5, 0.6) is 0 Å². The molecule has 0 spiro atoms. The maximum absolute atomic E-state index is 4.38. The largest absolute Gasteiger partial charge is 0.245 e. The quantitative estimate of drug-likeness (QED) is 0.596. The molecular weight excluding hydrogens is 250 g/mol. The van der Waals surface area contributed by atoms with E-state index in [-0.39, 0.29) is 5.25 Å². The lowest BCUT2D eigenvalue weighted by Crippen LogP contribution is -1.92. The second kappa shape index (κ2) is 6.45. The zero-order valence-electron chi connectivity index (χ0n) is 11.5. The maximum Gasteiger partial charge on any atom is 0.113 e. The summed E-state index contributed by atoms with van der Waals surface area (Å²) in [6.07, 6.45) is 0. The third-order valence-electron chi connectivity index (χ3n) is 2.59. The highest BCUT2D eigenvalue weighted by atomic mass is 32.2. The summed E-state index contributed by atoms with van der Waals surface area (Å²) in [6, 6.07) is 14.4. The summed E-state index contributed by atoms with van der Waals surface area (Å²) >= 11 is 1.78. The van der Waals surface area contributed by atoms with E-state index in [1.165, 1.54) is 10.5 Å². The Morgan fingerprint density at radius 3 is 2.63 bits per heavy atom. The molecule has 2 rings (SSSR count). The van der Waals surface area contributed by atoms with Crippen molar-refractivity contribution in [2.24, 2.45) is 0 Å². The predicted molar refractivity (Wildman–Crippen MR) is 82.4 cm³/mol. The van der Waals surface area contributed by atoms with Gasteiger partial charge < -0.3 is 0 Å². The molecule has 1 aromatic carbocycles. The van der Waals surface area contributed by atoms with E-state index in [9.17, 15) is 0 Å². The maximum atomic E-state index is 4.38. The Kier molecular flexibility index (Phi) is 4.65. The number of rotatable bonds is 2. The summed E-state index contributed by atoms with van der Waals surface area (Å²) in [4.78, 5) is 5.65. The monoisotopic (exact) mass is 267 g/mol. The fraction of sp³-hybridized carbons (Fsp3) is 0.235. The molecule has 2 aromatic rings. The number of aromatic nitrogens is 1. The third kappa shape index (κ3) is 4.46. The van der Waals surface area contributed by atoms with Crippen molar-refractivity contribution in [3.8, 4) is 11.8 Å². The SMILES string of the molecule is Cc1cccc(SC(C)C#Cc2cccc(C)n2)c1. The Hall–Kier alpha value is -1.72. The number of nitrogens with zero attached hydrogens (tertiary/aromatic N) is 1. The van der Waals surface area contributed by atoms with Gasteiger partial charge in [0.15, 0.2) is 0 Å². The number of hydrogen-bond acceptors (Lipinski definition) is 2. The summed E-state index contributed by atoms with van der Waals surface area (Å²) in [5.41, 5.74) is 3.13. The summed E-state index contributed by atoms with van der Waals surface area (Å²) in [6.45, 7) is 6.21. The molecule has 1 atom stereocenters. The molecule has 0 saturated heterocycles. The molecule has 1 unspecified atom stereocenters. The Bertz CT molecular complexity index is 622. The Balaban J connectivity index is 2.04. The lowest BCUT2D eigenvalue weighted by Gasteiger charge is -2.04. The molecule has 0 bridgehead atoms. The predicted octanol–water partition coefficient (Wildman–Crippen LogP) is 4.23. The van der Waals surface area contributed by atoms with Crippen molar-refractivity contribution in [1.29, 1.82) is 0 Å². The second-order valence-corrected chi connectivity index (χ2v) is 5.92. The fourth-order valence-corrected chi connectivity index (χ4v) is 2.65. The van der Waals surface area contributed by atoms with Crippen LogP contribution in [0.25, 0.3) is 0 Å². The number of thioether (sulfide) groups is 1. The first-order valence-corrected chi connectivity index (χ1v) is 7.20. The van der Waals surface area contributed by atoms with Crippen LogP contribution in [0.4, 0.5) is 0 Å². The molecule has 2 heteroatoms. The molecule has 0 aliphatic carbocycles. The molecule has 0 saturated carbocycles. The van der Waals surface area contributed by atoms with Gasteiger partial charge >= 0.3 is 0 Å². The highest BCUT2D eigenvalue weighted by molar-refractivity contribution is 8.00. The van der Waals surface area contributed by atoms with E-state index in [0.717, 1.165) is 11.4 Å². The minimum absolute atomic E-state index is 0.254. The minimum atomic E-state index is 0.254. The van der Waals surface area contributed by atoms with Gasteiger partial charge in [0.05, 0.1) is 5.25 Å². The molecule has 0 amide bonds. The smallest absolute Gasteiger partial charge is 0.113 e. The molecule has 19 heavy (non-hydrogen) atoms. The van der Waals surface area contributed by atoms with Crippen LogP contribution in [0, 0.1) is 25.7 Å². The molecule has 0 aliphatic rings. The summed E-state index contributed by atoms with van der Waals surface area (Å²) in [5.74, 6) is 6.38. The lowest BCUT2D eigenvalue weighted by atomic mass is 10.2. The van der Waals surface area contributed by atoms with Crippen LogP contribution >= 0.6 is 11.8 Å². The Morgan fingerprint density at radius 2 is 1.89 bits per heavy atom. The molecular formula is C17H17NS. The van der Waals surface area contributed by atoms with Crippen LogP contribution in [-0.2, 0) is 0 Å². The molecule has 0 N–H and O–H groups in total. The van der Waals surface area contributed by atoms with Gasteiger partial charge in [-0.15, -0.1) is 11.8 Å². The average Bonchev–Trinajstić information content (AvgIpc) is 2.36. The zero-order chi connectivity index (χ0) is 13.7. The first-order chi connectivity index (χ1) is 9.13. The minimum Gasteiger partial charge on any atom is -0.245 e. The Morgan fingerprint density at radius 1 is 1.11 bits per heavy atom. The number of aryl methyl sites for hydroxylation is 2. The first kappa shape index (κ1) is 13.7. The van der Waals surface area contributed by atoms with Crippen LogP contribution in [0.15, 0.2) is 47.4 Å². The van der Waals surface area contributed by atoms with Crippen molar-refractivity contribution in [1.82, 2.24) is 4.98 Å². The van der Waals surface area contributed by atoms with Crippen LogP contribution in [-0.4, -0.2) is 10.2 Å². The molecule has 1 nitrogen and oxygen atoms in total. The van der Waals surface area contributed by atoms with Crippen LogP contribution < -0.4 is 0 Å². The van der Waals surface area contributed by atoms with Crippen molar-refractivity contribution >= 4 is 11.8 Å². The highest BCUT2D eigenvalue weighted by Crippen LogP contribution is 2.23. The Labute approximate surface area is 119 Å². The van der Waals surface area contributed by atoms with Gasteiger partial charge in [-0.2, -0.15) is 0 Å². The van der Waals surface area contributed by atoms with Crippen molar-refractivity contribution < 1.29 is 0 Å². The number of pyridine rings is 1. The molecule has 1 aromatic heterocycles. The zero-order valence-corrected chi connectivity index (χ0v) is 12.3. The fourth-order valence-electron chi connectivity index (χ4n) is 1.71. The molecule has 1 heterocycles. The van der Waals surface area contributed by atoms with E-state index < -0.39 is 0 Å². The van der Waals surface area contributed by atoms with Crippen molar-refractivity contribution in [3.05, 3.63) is 59.4 Å². The standard InChI is InChI=1S/C17H17NS/c1-13-6-4-9-17(12-13)19-15(3)10-11-16-8-5-7-14(2)18-16/h4-9,12,15H,1-3H3. The van der Waals surface area contributed by atoms with E-state index in [1.807, 2.05) is 25.1 Å². The summed E-state index contributed by atoms with van der Waals surface area (Å²) in [7, 11) is 0. The van der Waals surface area contributed by atoms with Crippen molar-refractivity contribution in [2.45, 2.75) is 30.9 Å². The highest BCUT2D eigenvalue weighted by Gasteiger charge is 2.00. The van der Waals surface area contributed by atoms with Gasteiger partial charge in [-0.1, -0.05) is 29.7 Å².